The Bertz CT molecular complexity index is 246. The van der Waals surface area contributed by atoms with E-state index in [1.807, 2.05) is 0 Å². The van der Waals surface area contributed by atoms with Gasteiger partial charge in [0.25, 0.3) is 0 Å². The highest BCUT2D eigenvalue weighted by atomic mass is 16.4. The Kier molecular flexibility index (Phi) is 2.95. The molecule has 1 rings (SSSR count). The first-order valence-corrected chi connectivity index (χ1v) is 4.50. The van der Waals surface area contributed by atoms with Crippen LogP contribution in [0.1, 0.15) is 12.8 Å². The number of likely N-dealkylation sites (tertiary alicyclic amines) is 1. The van der Waals surface area contributed by atoms with Gasteiger partial charge in [0.05, 0.1) is 5.41 Å². The molecule has 0 aliphatic carbocycles. The van der Waals surface area contributed by atoms with E-state index in [-0.39, 0.29) is 6.54 Å². The Labute approximate surface area is 81.8 Å². The van der Waals surface area contributed by atoms with Crippen molar-refractivity contribution in [2.24, 2.45) is 16.9 Å². The van der Waals surface area contributed by atoms with Crippen molar-refractivity contribution in [2.45, 2.75) is 12.8 Å². The fraction of sp³-hybridized carbons (Fsp3) is 0.750. The van der Waals surface area contributed by atoms with Gasteiger partial charge >= 0.3 is 6.09 Å². The SMILES string of the molecule is NCC1(C(N)=O)CCN(C(=O)O)CC1. The fourth-order valence-corrected chi connectivity index (χ4v) is 1.68. The van der Waals surface area contributed by atoms with Crippen LogP contribution in [-0.4, -0.2) is 41.6 Å². The number of hydrogen-bond acceptors (Lipinski definition) is 3. The molecule has 6 heteroatoms. The molecular formula is C8H15N3O3. The highest BCUT2D eigenvalue weighted by Gasteiger charge is 2.39. The Balaban J connectivity index is 2.64. The number of nitrogens with zero attached hydrogens (tertiary/aromatic N) is 1. The second-order valence-electron chi connectivity index (χ2n) is 3.62. The quantitative estimate of drug-likeness (QED) is 0.542. The Morgan fingerprint density at radius 1 is 1.36 bits per heavy atom. The molecule has 14 heavy (non-hydrogen) atoms. The Morgan fingerprint density at radius 3 is 2.14 bits per heavy atom. The predicted octanol–water partition coefficient (Wildman–Crippen LogP) is -0.809. The second-order valence-corrected chi connectivity index (χ2v) is 3.62. The van der Waals surface area contributed by atoms with Crippen LogP contribution in [0, 0.1) is 5.41 Å². The number of primary amides is 1. The van der Waals surface area contributed by atoms with Crippen LogP contribution in [0.25, 0.3) is 0 Å². The molecule has 0 aromatic carbocycles. The summed E-state index contributed by atoms with van der Waals surface area (Å²) < 4.78 is 0. The van der Waals surface area contributed by atoms with Crippen molar-refractivity contribution in [3.63, 3.8) is 0 Å². The number of carboxylic acid groups (broad SMARTS) is 1. The van der Waals surface area contributed by atoms with Gasteiger partial charge in [-0.2, -0.15) is 0 Å². The molecule has 0 unspecified atom stereocenters. The second kappa shape index (κ2) is 3.83. The van der Waals surface area contributed by atoms with Crippen LogP contribution >= 0.6 is 0 Å². The molecule has 1 fully saturated rings. The van der Waals surface area contributed by atoms with Crippen molar-refractivity contribution in [3.8, 4) is 0 Å². The number of piperidine rings is 1. The number of carbonyl (C=O) groups is 2. The van der Waals surface area contributed by atoms with Crippen LogP contribution in [0.2, 0.25) is 0 Å². The summed E-state index contributed by atoms with van der Waals surface area (Å²) in [6.07, 6.45) is -0.115. The van der Waals surface area contributed by atoms with E-state index in [9.17, 15) is 9.59 Å². The van der Waals surface area contributed by atoms with Crippen LogP contribution < -0.4 is 11.5 Å². The summed E-state index contributed by atoms with van der Waals surface area (Å²) >= 11 is 0. The molecule has 1 aliphatic heterocycles. The van der Waals surface area contributed by atoms with Gasteiger partial charge in [0.15, 0.2) is 0 Å². The molecule has 0 aromatic rings. The van der Waals surface area contributed by atoms with Crippen molar-refractivity contribution >= 4 is 12.0 Å². The van der Waals surface area contributed by atoms with E-state index < -0.39 is 17.4 Å². The molecule has 0 atom stereocenters. The maximum atomic E-state index is 11.2. The first-order valence-electron chi connectivity index (χ1n) is 4.50. The van der Waals surface area contributed by atoms with Crippen molar-refractivity contribution in [2.75, 3.05) is 19.6 Å². The van der Waals surface area contributed by atoms with Crippen molar-refractivity contribution < 1.29 is 14.7 Å². The first kappa shape index (κ1) is 10.8. The Morgan fingerprint density at radius 2 is 1.86 bits per heavy atom. The summed E-state index contributed by atoms with van der Waals surface area (Å²) in [6.45, 7) is 0.848. The van der Waals surface area contributed by atoms with Gasteiger partial charge in [-0.25, -0.2) is 4.79 Å². The molecule has 0 saturated carbocycles. The summed E-state index contributed by atoms with van der Waals surface area (Å²) in [5, 5.41) is 8.70. The molecule has 0 bridgehead atoms. The lowest BCUT2D eigenvalue weighted by molar-refractivity contribution is -0.129. The van der Waals surface area contributed by atoms with Crippen LogP contribution in [0.4, 0.5) is 4.79 Å². The van der Waals surface area contributed by atoms with Gasteiger partial charge in [0.2, 0.25) is 5.91 Å². The summed E-state index contributed by atoms with van der Waals surface area (Å²) in [5.41, 5.74) is 10.0. The molecule has 5 N–H and O–H groups in total. The lowest BCUT2D eigenvalue weighted by atomic mass is 9.78. The number of nitrogens with two attached hydrogens (primary N) is 2. The van der Waals surface area contributed by atoms with Gasteiger partial charge in [0, 0.05) is 19.6 Å². The van der Waals surface area contributed by atoms with E-state index in [2.05, 4.69) is 0 Å². The van der Waals surface area contributed by atoms with Gasteiger partial charge in [-0.3, -0.25) is 4.79 Å². The van der Waals surface area contributed by atoms with Crippen molar-refractivity contribution in [1.29, 1.82) is 0 Å². The van der Waals surface area contributed by atoms with Crippen molar-refractivity contribution in [3.05, 3.63) is 0 Å². The summed E-state index contributed by atoms with van der Waals surface area (Å²) in [7, 11) is 0. The minimum absolute atomic E-state index is 0.190. The summed E-state index contributed by atoms with van der Waals surface area (Å²) in [6, 6.07) is 0. The highest BCUT2D eigenvalue weighted by molar-refractivity contribution is 5.81. The Hall–Kier alpha value is -1.30. The minimum atomic E-state index is -0.958. The van der Waals surface area contributed by atoms with Crippen LogP contribution in [-0.2, 0) is 4.79 Å². The van der Waals surface area contributed by atoms with E-state index in [4.69, 9.17) is 16.6 Å². The summed E-state index contributed by atoms with van der Waals surface area (Å²) in [4.78, 5) is 23.0. The third kappa shape index (κ3) is 1.79. The van der Waals surface area contributed by atoms with E-state index >= 15 is 0 Å². The fourth-order valence-electron chi connectivity index (χ4n) is 1.68. The zero-order valence-corrected chi connectivity index (χ0v) is 7.90. The molecule has 1 aliphatic rings. The third-order valence-electron chi connectivity index (χ3n) is 2.90. The molecule has 1 saturated heterocycles. The standard InChI is InChI=1S/C8H15N3O3/c9-5-8(6(10)12)1-3-11(4-2-8)7(13)14/h1-5,9H2,(H2,10,12)(H,13,14). The van der Waals surface area contributed by atoms with Crippen LogP contribution in [0.3, 0.4) is 0 Å². The normalized spacial score (nSPS) is 20.5. The van der Waals surface area contributed by atoms with Gasteiger partial charge in [-0.1, -0.05) is 0 Å². The van der Waals surface area contributed by atoms with Crippen molar-refractivity contribution in [1.82, 2.24) is 4.90 Å². The average Bonchev–Trinajstić information content (AvgIpc) is 2.17. The minimum Gasteiger partial charge on any atom is -0.465 e. The highest BCUT2D eigenvalue weighted by Crippen LogP contribution is 2.29. The lowest BCUT2D eigenvalue weighted by Gasteiger charge is -2.37. The zero-order valence-electron chi connectivity index (χ0n) is 7.90. The smallest absolute Gasteiger partial charge is 0.407 e. The molecular weight excluding hydrogens is 186 g/mol. The maximum Gasteiger partial charge on any atom is 0.407 e. The number of hydrogen-bond donors (Lipinski definition) is 3. The molecule has 6 nitrogen and oxygen atoms in total. The average molecular weight is 201 g/mol. The largest absolute Gasteiger partial charge is 0.465 e. The van der Waals surface area contributed by atoms with Crippen LogP contribution in [0.15, 0.2) is 0 Å². The van der Waals surface area contributed by atoms with E-state index in [1.54, 1.807) is 0 Å². The first-order chi connectivity index (χ1) is 6.52. The van der Waals surface area contributed by atoms with Gasteiger partial charge < -0.3 is 21.5 Å². The number of amides is 2. The van der Waals surface area contributed by atoms with E-state index in [0.29, 0.717) is 25.9 Å². The van der Waals surface area contributed by atoms with E-state index in [0.717, 1.165) is 0 Å². The van der Waals surface area contributed by atoms with Gasteiger partial charge in [-0.05, 0) is 12.8 Å². The zero-order chi connectivity index (χ0) is 10.8. The predicted molar refractivity (Wildman–Crippen MR) is 49.5 cm³/mol. The lowest BCUT2D eigenvalue weighted by Crippen LogP contribution is -2.51. The topological polar surface area (TPSA) is 110 Å². The molecule has 2 amide bonds. The van der Waals surface area contributed by atoms with Crippen LogP contribution in [0.5, 0.6) is 0 Å². The molecule has 0 radical (unpaired) electrons. The number of rotatable bonds is 2. The maximum absolute atomic E-state index is 11.2. The number of carbonyl (C=O) groups excluding carboxylic acids is 1. The van der Waals surface area contributed by atoms with Gasteiger partial charge in [0.1, 0.15) is 0 Å². The summed E-state index contributed by atoms with van der Waals surface area (Å²) in [5.74, 6) is -0.426. The molecule has 0 spiro atoms. The monoisotopic (exact) mass is 201 g/mol. The van der Waals surface area contributed by atoms with Gasteiger partial charge in [-0.15, -0.1) is 0 Å². The molecule has 1 heterocycles. The third-order valence-corrected chi connectivity index (χ3v) is 2.90. The molecule has 0 aromatic heterocycles. The molecule has 80 valence electrons. The van der Waals surface area contributed by atoms with E-state index in [1.165, 1.54) is 4.90 Å².